The number of ether oxygens (including phenoxy) is 1. The maximum absolute atomic E-state index is 11.9. The summed E-state index contributed by atoms with van der Waals surface area (Å²) in [6.45, 7) is 2.89. The minimum atomic E-state index is -0.206. The van der Waals surface area contributed by atoms with Crippen molar-refractivity contribution in [1.82, 2.24) is 15.1 Å². The highest BCUT2D eigenvalue weighted by atomic mass is 32.1. The van der Waals surface area contributed by atoms with Gasteiger partial charge in [-0.1, -0.05) is 5.16 Å². The molecule has 0 spiro atoms. The summed E-state index contributed by atoms with van der Waals surface area (Å²) in [5.41, 5.74) is 0.874. The van der Waals surface area contributed by atoms with E-state index < -0.39 is 0 Å². The lowest BCUT2D eigenvalue weighted by Crippen LogP contribution is -2.14. The third kappa shape index (κ3) is 3.05. The average molecular weight is 308 g/mol. The zero-order valence-electron chi connectivity index (χ0n) is 11.7. The smallest absolute Gasteiger partial charge is 0.315 e. The number of fused-ring (bicyclic) bond motifs is 1. The second-order valence-electron chi connectivity index (χ2n) is 4.68. The Labute approximate surface area is 125 Å². The average Bonchev–Trinajstić information content (AvgIpc) is 3.14. The molecule has 1 unspecified atom stereocenters. The monoisotopic (exact) mass is 308 g/mol. The molecule has 1 aliphatic carbocycles. The highest BCUT2D eigenvalue weighted by Gasteiger charge is 2.33. The van der Waals surface area contributed by atoms with Crippen LogP contribution in [0.3, 0.4) is 0 Å². The number of nitrogens with one attached hydrogen (secondary N) is 1. The maximum Gasteiger partial charge on any atom is 0.315 e. The number of hydrogen-bond donors (Lipinski definition) is 1. The standard InChI is InChI=1S/C13H16N4O3S/c1-2-19-12(18)8-3-4-9-11(8)17-13(21-9)14-6-5-10-15-7-16-20-10/h7-8H,2-6H2,1H3,(H,14,17). The van der Waals surface area contributed by atoms with Crippen molar-refractivity contribution in [2.75, 3.05) is 18.5 Å². The number of carbonyl (C=O) groups excluding carboxylic acids is 1. The lowest BCUT2D eigenvalue weighted by molar-refractivity contribution is -0.145. The van der Waals surface area contributed by atoms with Crippen LogP contribution in [0.1, 0.15) is 35.7 Å². The molecule has 8 heteroatoms. The molecule has 0 aliphatic heterocycles. The number of esters is 1. The van der Waals surface area contributed by atoms with Gasteiger partial charge in [-0.3, -0.25) is 4.79 Å². The number of aryl methyl sites for hydroxylation is 1. The van der Waals surface area contributed by atoms with Gasteiger partial charge in [-0.25, -0.2) is 4.98 Å². The normalized spacial score (nSPS) is 16.7. The van der Waals surface area contributed by atoms with Crippen molar-refractivity contribution < 1.29 is 14.1 Å². The molecule has 2 heterocycles. The van der Waals surface area contributed by atoms with Gasteiger partial charge in [-0.05, 0) is 19.8 Å². The van der Waals surface area contributed by atoms with Gasteiger partial charge in [0, 0.05) is 17.8 Å². The summed E-state index contributed by atoms with van der Waals surface area (Å²) in [6, 6.07) is 0. The Bertz CT molecular complexity index is 611. The van der Waals surface area contributed by atoms with Gasteiger partial charge in [0.15, 0.2) is 11.5 Å². The van der Waals surface area contributed by atoms with Crippen molar-refractivity contribution in [3.8, 4) is 0 Å². The fourth-order valence-electron chi connectivity index (χ4n) is 2.36. The second-order valence-corrected chi connectivity index (χ2v) is 5.77. The number of rotatable bonds is 6. The summed E-state index contributed by atoms with van der Waals surface area (Å²) in [5, 5.41) is 7.62. The number of thiazole rings is 1. The summed E-state index contributed by atoms with van der Waals surface area (Å²) < 4.78 is 10.0. The van der Waals surface area contributed by atoms with Crippen molar-refractivity contribution in [3.63, 3.8) is 0 Å². The highest BCUT2D eigenvalue weighted by Crippen LogP contribution is 2.38. The van der Waals surface area contributed by atoms with Crippen LogP contribution >= 0.6 is 11.3 Å². The quantitative estimate of drug-likeness (QED) is 0.813. The van der Waals surface area contributed by atoms with Crippen LogP contribution in [-0.4, -0.2) is 34.2 Å². The molecule has 0 amide bonds. The van der Waals surface area contributed by atoms with E-state index in [0.29, 0.717) is 25.5 Å². The molecular weight excluding hydrogens is 292 g/mol. The molecule has 3 rings (SSSR count). The van der Waals surface area contributed by atoms with Gasteiger partial charge >= 0.3 is 5.97 Å². The minimum Gasteiger partial charge on any atom is -0.465 e. The first-order valence-corrected chi connectivity index (χ1v) is 7.75. The van der Waals surface area contributed by atoms with Crippen LogP contribution in [0.5, 0.6) is 0 Å². The van der Waals surface area contributed by atoms with Gasteiger partial charge < -0.3 is 14.6 Å². The second kappa shape index (κ2) is 6.21. The summed E-state index contributed by atoms with van der Waals surface area (Å²) in [5.74, 6) is 0.220. The van der Waals surface area contributed by atoms with E-state index in [1.165, 1.54) is 11.2 Å². The molecule has 1 aliphatic rings. The number of anilines is 1. The molecule has 0 fully saturated rings. The summed E-state index contributed by atoms with van der Waals surface area (Å²) in [7, 11) is 0. The van der Waals surface area contributed by atoms with Crippen LogP contribution in [-0.2, 0) is 22.4 Å². The fourth-order valence-corrected chi connectivity index (χ4v) is 3.42. The lowest BCUT2D eigenvalue weighted by Gasteiger charge is -2.07. The third-order valence-corrected chi connectivity index (χ3v) is 4.40. The van der Waals surface area contributed by atoms with E-state index in [2.05, 4.69) is 20.4 Å². The first kappa shape index (κ1) is 14.0. The molecule has 2 aromatic heterocycles. The molecule has 7 nitrogen and oxygen atoms in total. The Hall–Kier alpha value is -1.96. The van der Waals surface area contributed by atoms with E-state index in [0.717, 1.165) is 23.7 Å². The van der Waals surface area contributed by atoms with Gasteiger partial charge in [-0.15, -0.1) is 11.3 Å². The van der Waals surface area contributed by atoms with Crippen molar-refractivity contribution in [3.05, 3.63) is 22.8 Å². The van der Waals surface area contributed by atoms with Crippen LogP contribution < -0.4 is 5.32 Å². The molecular formula is C13H16N4O3S. The molecule has 0 saturated heterocycles. The number of nitrogens with zero attached hydrogens (tertiary/aromatic N) is 3. The van der Waals surface area contributed by atoms with E-state index in [1.54, 1.807) is 11.3 Å². The maximum atomic E-state index is 11.9. The first-order chi connectivity index (χ1) is 10.3. The van der Waals surface area contributed by atoms with Crippen molar-refractivity contribution >= 4 is 22.4 Å². The minimum absolute atomic E-state index is 0.168. The molecule has 1 N–H and O–H groups in total. The van der Waals surface area contributed by atoms with Crippen LogP contribution in [0.4, 0.5) is 5.13 Å². The van der Waals surface area contributed by atoms with Gasteiger partial charge in [-0.2, -0.15) is 4.98 Å². The first-order valence-electron chi connectivity index (χ1n) is 6.93. The number of hydrogen-bond acceptors (Lipinski definition) is 8. The lowest BCUT2D eigenvalue weighted by atomic mass is 10.1. The number of aromatic nitrogens is 3. The Kier molecular flexibility index (Phi) is 4.14. The van der Waals surface area contributed by atoms with Crippen molar-refractivity contribution in [2.24, 2.45) is 0 Å². The van der Waals surface area contributed by atoms with E-state index in [9.17, 15) is 4.79 Å². The van der Waals surface area contributed by atoms with Crippen molar-refractivity contribution in [2.45, 2.75) is 32.1 Å². The summed E-state index contributed by atoms with van der Waals surface area (Å²) in [4.78, 5) is 21.5. The SMILES string of the molecule is CCOC(=O)C1CCc2sc(NCCc3ncno3)nc21. The predicted octanol–water partition coefficient (Wildman–Crippen LogP) is 1.77. The Morgan fingerprint density at radius 2 is 2.52 bits per heavy atom. The molecule has 2 aromatic rings. The molecule has 0 aromatic carbocycles. The van der Waals surface area contributed by atoms with E-state index in [-0.39, 0.29) is 11.9 Å². The van der Waals surface area contributed by atoms with Crippen LogP contribution in [0.25, 0.3) is 0 Å². The summed E-state index contributed by atoms with van der Waals surface area (Å²) >= 11 is 1.60. The Morgan fingerprint density at radius 3 is 3.29 bits per heavy atom. The molecule has 0 bridgehead atoms. The predicted molar refractivity (Wildman–Crippen MR) is 76.3 cm³/mol. The molecule has 21 heavy (non-hydrogen) atoms. The van der Waals surface area contributed by atoms with Crippen LogP contribution in [0, 0.1) is 0 Å². The molecule has 0 saturated carbocycles. The zero-order chi connectivity index (χ0) is 14.7. The van der Waals surface area contributed by atoms with Crippen LogP contribution in [0.15, 0.2) is 10.9 Å². The van der Waals surface area contributed by atoms with E-state index in [4.69, 9.17) is 9.26 Å². The van der Waals surface area contributed by atoms with E-state index in [1.807, 2.05) is 6.92 Å². The van der Waals surface area contributed by atoms with Gasteiger partial charge in [0.05, 0.1) is 12.3 Å². The Morgan fingerprint density at radius 1 is 1.62 bits per heavy atom. The summed E-state index contributed by atoms with van der Waals surface area (Å²) in [6.07, 6.45) is 3.72. The van der Waals surface area contributed by atoms with E-state index >= 15 is 0 Å². The van der Waals surface area contributed by atoms with Gasteiger partial charge in [0.2, 0.25) is 5.89 Å². The number of carbonyl (C=O) groups is 1. The largest absolute Gasteiger partial charge is 0.465 e. The van der Waals surface area contributed by atoms with Crippen LogP contribution in [0.2, 0.25) is 0 Å². The van der Waals surface area contributed by atoms with Gasteiger partial charge in [0.25, 0.3) is 0 Å². The van der Waals surface area contributed by atoms with Gasteiger partial charge in [0.1, 0.15) is 5.92 Å². The fraction of sp³-hybridized carbons (Fsp3) is 0.538. The highest BCUT2D eigenvalue weighted by molar-refractivity contribution is 7.15. The topological polar surface area (TPSA) is 90.1 Å². The molecule has 0 radical (unpaired) electrons. The third-order valence-electron chi connectivity index (χ3n) is 3.31. The molecule has 1 atom stereocenters. The molecule has 112 valence electrons. The Balaban J connectivity index is 1.59. The van der Waals surface area contributed by atoms with Crippen molar-refractivity contribution in [1.29, 1.82) is 0 Å². The zero-order valence-corrected chi connectivity index (χ0v) is 12.5.